The first kappa shape index (κ1) is 49.2. The number of esters is 2. The summed E-state index contributed by atoms with van der Waals surface area (Å²) >= 11 is 0. The summed E-state index contributed by atoms with van der Waals surface area (Å²) in [4.78, 5) is 37.4. The highest BCUT2D eigenvalue weighted by Crippen LogP contribution is 2.38. The largest absolute Gasteiger partial charge is 0.756 e. The lowest BCUT2D eigenvalue weighted by atomic mass is 10.0. The fourth-order valence-corrected chi connectivity index (χ4v) is 6.03. The number of phosphoric ester groups is 1. The summed E-state index contributed by atoms with van der Waals surface area (Å²) in [6, 6.07) is 0. The third-order valence-corrected chi connectivity index (χ3v) is 9.45. The molecule has 0 aromatic rings. The van der Waals surface area contributed by atoms with Crippen molar-refractivity contribution in [1.82, 2.24) is 0 Å². The fraction of sp³-hybridized carbons (Fsp3) is 0.805. The van der Waals surface area contributed by atoms with Crippen molar-refractivity contribution in [2.75, 3.05) is 47.5 Å². The van der Waals surface area contributed by atoms with Crippen molar-refractivity contribution in [2.24, 2.45) is 0 Å². The van der Waals surface area contributed by atoms with Crippen LogP contribution in [0.1, 0.15) is 162 Å². The summed E-state index contributed by atoms with van der Waals surface area (Å²) in [5, 5.41) is 0. The zero-order valence-electron chi connectivity index (χ0n) is 33.3. The van der Waals surface area contributed by atoms with Crippen LogP contribution in [-0.4, -0.2) is 70.0 Å². The van der Waals surface area contributed by atoms with E-state index >= 15 is 0 Å². The van der Waals surface area contributed by atoms with Crippen LogP contribution in [0.15, 0.2) is 36.5 Å². The number of quaternary nitrogens is 1. The van der Waals surface area contributed by atoms with Gasteiger partial charge in [0, 0.05) is 12.8 Å². The van der Waals surface area contributed by atoms with Crippen molar-refractivity contribution in [3.63, 3.8) is 0 Å². The Hall–Kier alpha value is -1.77. The number of nitrogens with zero attached hydrogens (tertiary/aromatic N) is 1. The predicted octanol–water partition coefficient (Wildman–Crippen LogP) is 10.3. The monoisotopic (exact) mass is 742 g/mol. The van der Waals surface area contributed by atoms with Crippen molar-refractivity contribution in [2.45, 2.75) is 168 Å². The molecule has 0 amide bonds. The van der Waals surface area contributed by atoms with Gasteiger partial charge in [-0.25, -0.2) is 0 Å². The van der Waals surface area contributed by atoms with E-state index in [4.69, 9.17) is 18.5 Å². The second kappa shape index (κ2) is 34.0. The molecule has 51 heavy (non-hydrogen) atoms. The summed E-state index contributed by atoms with van der Waals surface area (Å²) in [5.41, 5.74) is 0. The third-order valence-electron chi connectivity index (χ3n) is 8.49. The number of allylic oxidation sites excluding steroid dienone is 6. The van der Waals surface area contributed by atoms with Gasteiger partial charge in [-0.05, 0) is 32.1 Å². The number of unbranched alkanes of at least 4 members (excludes halogenated alkanes) is 18. The highest BCUT2D eigenvalue weighted by molar-refractivity contribution is 7.45. The van der Waals surface area contributed by atoms with E-state index in [1.807, 2.05) is 39.4 Å². The van der Waals surface area contributed by atoms with E-state index in [9.17, 15) is 19.0 Å². The standard InChI is InChI=1S/C41H76NO8P/c1-6-8-10-12-14-16-18-20-22-23-25-27-29-31-33-40(43)47-37-39(38-49-51(45,46)48-36-35-42(3,4)5)50-41(44)34-32-30-28-26-24-21-19-17-15-13-11-9-7-2/h9,11,13,15,17,19,39H,6-8,10,12,14,16,18,20-38H2,1-5H3/b11-9+,15-13+,19-17+. The Bertz CT molecular complexity index is 975. The number of ether oxygens (including phenoxy) is 2. The van der Waals surface area contributed by atoms with Gasteiger partial charge in [0.15, 0.2) is 6.10 Å². The van der Waals surface area contributed by atoms with Crippen molar-refractivity contribution in [3.05, 3.63) is 36.5 Å². The Morgan fingerprint density at radius 1 is 0.627 bits per heavy atom. The number of hydrogen-bond acceptors (Lipinski definition) is 8. The molecule has 0 rings (SSSR count). The number of carbonyl (C=O) groups excluding carboxylic acids is 2. The molecule has 0 aromatic carbocycles. The minimum absolute atomic E-state index is 0.0348. The van der Waals surface area contributed by atoms with Gasteiger partial charge in [-0.3, -0.25) is 14.2 Å². The predicted molar refractivity (Wildman–Crippen MR) is 208 cm³/mol. The normalized spacial score (nSPS) is 14.1. The summed E-state index contributed by atoms with van der Waals surface area (Å²) < 4.78 is 33.8. The molecule has 0 aliphatic carbocycles. The van der Waals surface area contributed by atoms with Crippen LogP contribution in [0.25, 0.3) is 0 Å². The Balaban J connectivity index is 4.42. The maximum atomic E-state index is 12.6. The van der Waals surface area contributed by atoms with Crippen LogP contribution in [0.2, 0.25) is 0 Å². The highest BCUT2D eigenvalue weighted by Gasteiger charge is 2.21. The molecule has 0 aliphatic rings. The van der Waals surface area contributed by atoms with Crippen LogP contribution in [-0.2, 0) is 32.7 Å². The molecule has 0 radical (unpaired) electrons. The lowest BCUT2D eigenvalue weighted by Gasteiger charge is -2.28. The Morgan fingerprint density at radius 3 is 1.65 bits per heavy atom. The zero-order chi connectivity index (χ0) is 37.9. The molecule has 0 spiro atoms. The van der Waals surface area contributed by atoms with Gasteiger partial charge < -0.3 is 27.9 Å². The van der Waals surface area contributed by atoms with Crippen LogP contribution in [0, 0.1) is 0 Å². The Labute approximate surface area is 312 Å². The highest BCUT2D eigenvalue weighted by atomic mass is 31.2. The molecule has 0 N–H and O–H groups in total. The average molecular weight is 742 g/mol. The molecule has 0 aromatic heterocycles. The van der Waals surface area contributed by atoms with Gasteiger partial charge in [-0.15, -0.1) is 0 Å². The molecule has 10 heteroatoms. The van der Waals surface area contributed by atoms with Crippen LogP contribution in [0.4, 0.5) is 0 Å². The number of carbonyl (C=O) groups is 2. The maximum absolute atomic E-state index is 12.6. The van der Waals surface area contributed by atoms with Crippen LogP contribution in [0.5, 0.6) is 0 Å². The Morgan fingerprint density at radius 2 is 1.12 bits per heavy atom. The van der Waals surface area contributed by atoms with E-state index in [2.05, 4.69) is 32.1 Å². The maximum Gasteiger partial charge on any atom is 0.306 e. The molecule has 0 fully saturated rings. The molecule has 9 nitrogen and oxygen atoms in total. The van der Waals surface area contributed by atoms with Crippen LogP contribution < -0.4 is 4.89 Å². The van der Waals surface area contributed by atoms with Crippen molar-refractivity contribution in [1.29, 1.82) is 0 Å². The lowest BCUT2D eigenvalue weighted by molar-refractivity contribution is -0.870. The summed E-state index contributed by atoms with van der Waals surface area (Å²) in [7, 11) is 1.15. The molecule has 0 heterocycles. The smallest absolute Gasteiger partial charge is 0.306 e. The molecule has 2 atom stereocenters. The molecular formula is C41H76NO8P. The molecular weight excluding hydrogens is 665 g/mol. The molecule has 0 bridgehead atoms. The van der Waals surface area contributed by atoms with Gasteiger partial charge in [-0.1, -0.05) is 153 Å². The SMILES string of the molecule is CC/C=C/C=C/C=C/CCCCCCCC(=O)OC(COC(=O)CCCCCCCCCCCCCCCC)COP(=O)([O-])OCC[N+](C)(C)C. The topological polar surface area (TPSA) is 111 Å². The minimum atomic E-state index is -4.62. The van der Waals surface area contributed by atoms with Gasteiger partial charge >= 0.3 is 11.9 Å². The molecule has 0 aliphatic heterocycles. The average Bonchev–Trinajstić information content (AvgIpc) is 3.07. The molecule has 0 saturated carbocycles. The quantitative estimate of drug-likeness (QED) is 0.0205. The number of likely N-dealkylation sites (N-methyl/N-ethyl adjacent to an activating group) is 1. The van der Waals surface area contributed by atoms with Crippen molar-refractivity contribution < 1.29 is 42.1 Å². The van der Waals surface area contributed by atoms with E-state index in [1.165, 1.54) is 70.6 Å². The van der Waals surface area contributed by atoms with E-state index < -0.39 is 32.5 Å². The fourth-order valence-electron chi connectivity index (χ4n) is 5.30. The van der Waals surface area contributed by atoms with Gasteiger partial charge in [0.05, 0.1) is 27.7 Å². The van der Waals surface area contributed by atoms with Crippen molar-refractivity contribution in [3.8, 4) is 0 Å². The van der Waals surface area contributed by atoms with Crippen molar-refractivity contribution >= 4 is 19.8 Å². The molecule has 2 unspecified atom stereocenters. The second-order valence-electron chi connectivity index (χ2n) is 14.7. The summed E-state index contributed by atoms with van der Waals surface area (Å²) in [6.07, 6.45) is 36.0. The minimum Gasteiger partial charge on any atom is -0.756 e. The van der Waals surface area contributed by atoms with Crippen LogP contribution >= 0.6 is 7.82 Å². The lowest BCUT2D eigenvalue weighted by Crippen LogP contribution is -2.37. The second-order valence-corrected chi connectivity index (χ2v) is 16.1. The number of rotatable bonds is 36. The first-order chi connectivity index (χ1) is 24.5. The van der Waals surface area contributed by atoms with E-state index in [1.54, 1.807) is 0 Å². The van der Waals surface area contributed by atoms with E-state index in [0.717, 1.165) is 57.8 Å². The van der Waals surface area contributed by atoms with Gasteiger partial charge in [0.2, 0.25) is 0 Å². The van der Waals surface area contributed by atoms with E-state index in [-0.39, 0.29) is 26.1 Å². The van der Waals surface area contributed by atoms with Crippen LogP contribution in [0.3, 0.4) is 0 Å². The van der Waals surface area contributed by atoms with Gasteiger partial charge in [-0.2, -0.15) is 0 Å². The number of hydrogen-bond donors (Lipinski definition) is 0. The zero-order valence-corrected chi connectivity index (χ0v) is 34.2. The van der Waals surface area contributed by atoms with E-state index in [0.29, 0.717) is 17.4 Å². The third kappa shape index (κ3) is 37.8. The first-order valence-electron chi connectivity index (χ1n) is 20.2. The first-order valence-corrected chi connectivity index (χ1v) is 21.7. The Kier molecular flexibility index (Phi) is 32.8. The summed E-state index contributed by atoms with van der Waals surface area (Å²) in [5.74, 6) is -0.858. The summed E-state index contributed by atoms with van der Waals surface area (Å²) in [6.45, 7) is 4.06. The van der Waals surface area contributed by atoms with Gasteiger partial charge in [0.1, 0.15) is 19.8 Å². The van der Waals surface area contributed by atoms with Gasteiger partial charge in [0.25, 0.3) is 7.82 Å². The number of phosphoric acid groups is 1. The molecule has 0 saturated heterocycles. The molecule has 298 valence electrons.